The van der Waals surface area contributed by atoms with E-state index < -0.39 is 0 Å². The summed E-state index contributed by atoms with van der Waals surface area (Å²) in [6, 6.07) is 20.3. The first-order valence-electron chi connectivity index (χ1n) is 15.0. The second-order valence-corrected chi connectivity index (χ2v) is 11.2. The molecule has 4 aromatic rings. The van der Waals surface area contributed by atoms with E-state index in [1.807, 2.05) is 40.0 Å². The number of aryl methyl sites for hydroxylation is 2. The van der Waals surface area contributed by atoms with Gasteiger partial charge in [-0.25, -0.2) is 0 Å². The molecular weight excluding hydrogens is 699 g/mol. The Balaban J connectivity index is 0.000000334. The normalized spacial score (nSPS) is 11.5. The number of furan rings is 1. The molecule has 4 nitrogen and oxygen atoms in total. The number of aliphatic hydroxyl groups is 1. The fourth-order valence-corrected chi connectivity index (χ4v) is 5.07. The number of pyridine rings is 1. The standard InChI is InChI=1S/C24H22NO.C13H24O2.Ir/c1-15(2)18-5-7-19(8-6-18)23-12-21-14-25-22(13-24(21)26-23)20-10-16(3)9-17(4)11-20;1-5-10(6-2)12(14)9-13(15)11(7-3)8-4;/h5-10,12-15H,1-4H3;9-11,14H,5-8H2,1-4H3;/q-1;;/b;12-9-;. The predicted molar refractivity (Wildman–Crippen MR) is 171 cm³/mol. The van der Waals surface area contributed by atoms with Crippen LogP contribution in [-0.2, 0) is 24.9 Å². The van der Waals surface area contributed by atoms with Crippen LogP contribution in [0.5, 0.6) is 0 Å². The Bertz CT molecular complexity index is 1440. The van der Waals surface area contributed by atoms with Crippen LogP contribution < -0.4 is 0 Å². The van der Waals surface area contributed by atoms with Crippen LogP contribution in [0.25, 0.3) is 33.6 Å². The fraction of sp³-hybridized carbons (Fsp3) is 0.405. The van der Waals surface area contributed by atoms with Crippen LogP contribution >= 0.6 is 0 Å². The van der Waals surface area contributed by atoms with Crippen LogP contribution in [0.1, 0.15) is 89.8 Å². The summed E-state index contributed by atoms with van der Waals surface area (Å²) in [6.45, 7) is 16.6. The number of hydrogen-bond donors (Lipinski definition) is 1. The van der Waals surface area contributed by atoms with E-state index in [4.69, 9.17) is 4.42 Å². The minimum Gasteiger partial charge on any atom is -0.512 e. The second-order valence-electron chi connectivity index (χ2n) is 11.2. The Labute approximate surface area is 266 Å². The Morgan fingerprint density at radius 1 is 0.929 bits per heavy atom. The maximum atomic E-state index is 11.7. The van der Waals surface area contributed by atoms with Gasteiger partial charge in [-0.15, -0.1) is 34.9 Å². The Kier molecular flexibility index (Phi) is 13.9. The van der Waals surface area contributed by atoms with Gasteiger partial charge >= 0.3 is 0 Å². The van der Waals surface area contributed by atoms with Gasteiger partial charge in [0.15, 0.2) is 5.78 Å². The van der Waals surface area contributed by atoms with E-state index in [0.29, 0.717) is 5.92 Å². The first-order chi connectivity index (χ1) is 19.6. The van der Waals surface area contributed by atoms with Crippen LogP contribution in [0.15, 0.2) is 71.0 Å². The molecule has 0 amide bonds. The number of rotatable bonds is 10. The van der Waals surface area contributed by atoms with Gasteiger partial charge in [-0.2, -0.15) is 0 Å². The number of allylic oxidation sites excluding steroid dienone is 2. The van der Waals surface area contributed by atoms with Gasteiger partial charge in [-0.1, -0.05) is 79.7 Å². The number of carbonyl (C=O) groups excluding carboxylic acids is 1. The van der Waals surface area contributed by atoms with Crippen molar-refractivity contribution in [2.24, 2.45) is 11.8 Å². The minimum atomic E-state index is 0. The van der Waals surface area contributed by atoms with E-state index in [9.17, 15) is 9.90 Å². The van der Waals surface area contributed by atoms with Gasteiger partial charge < -0.3 is 14.5 Å². The van der Waals surface area contributed by atoms with Crippen molar-refractivity contribution in [2.45, 2.75) is 87.0 Å². The van der Waals surface area contributed by atoms with Gasteiger partial charge in [0.05, 0.1) is 5.76 Å². The first kappa shape index (κ1) is 35.2. The quantitative estimate of drug-likeness (QED) is 0.0998. The molecule has 4 rings (SSSR count). The molecule has 5 heteroatoms. The van der Waals surface area contributed by atoms with Crippen molar-refractivity contribution < 1.29 is 34.4 Å². The van der Waals surface area contributed by atoms with Crippen molar-refractivity contribution in [3.8, 4) is 22.6 Å². The van der Waals surface area contributed by atoms with Crippen molar-refractivity contribution in [1.29, 1.82) is 0 Å². The van der Waals surface area contributed by atoms with E-state index in [-0.39, 0.29) is 43.5 Å². The van der Waals surface area contributed by atoms with E-state index in [1.165, 1.54) is 17.2 Å². The summed E-state index contributed by atoms with van der Waals surface area (Å²) in [5.41, 5.74) is 7.49. The van der Waals surface area contributed by atoms with E-state index in [2.05, 4.69) is 81.2 Å². The first-order valence-corrected chi connectivity index (χ1v) is 15.0. The molecule has 2 aromatic carbocycles. The summed E-state index contributed by atoms with van der Waals surface area (Å²) in [7, 11) is 0. The van der Waals surface area contributed by atoms with E-state index >= 15 is 0 Å². The topological polar surface area (TPSA) is 63.3 Å². The number of ketones is 1. The zero-order valence-electron chi connectivity index (χ0n) is 26.4. The number of hydrogen-bond acceptors (Lipinski definition) is 4. The molecule has 2 heterocycles. The maximum Gasteiger partial charge on any atom is 0.162 e. The summed E-state index contributed by atoms with van der Waals surface area (Å²) in [5, 5.41) is 10.8. The van der Waals surface area contributed by atoms with Crippen LogP contribution in [0.3, 0.4) is 0 Å². The monoisotopic (exact) mass is 745 g/mol. The summed E-state index contributed by atoms with van der Waals surface area (Å²) in [6.07, 6.45) is 6.79. The van der Waals surface area contributed by atoms with Crippen molar-refractivity contribution >= 4 is 16.8 Å². The fourth-order valence-electron chi connectivity index (χ4n) is 5.07. The summed E-state index contributed by atoms with van der Waals surface area (Å²) < 4.78 is 6.12. The molecule has 1 radical (unpaired) electrons. The van der Waals surface area contributed by atoms with Crippen LogP contribution in [0.2, 0.25) is 0 Å². The average molecular weight is 745 g/mol. The molecule has 2 aromatic heterocycles. The van der Waals surface area contributed by atoms with Gasteiger partial charge in [0.2, 0.25) is 0 Å². The summed E-state index contributed by atoms with van der Waals surface area (Å²) in [4.78, 5) is 16.3. The minimum absolute atomic E-state index is 0. The molecule has 227 valence electrons. The molecule has 0 saturated heterocycles. The van der Waals surface area contributed by atoms with E-state index in [0.717, 1.165) is 64.8 Å². The average Bonchev–Trinajstić information content (AvgIpc) is 3.38. The van der Waals surface area contributed by atoms with Gasteiger partial charge in [0.25, 0.3) is 0 Å². The molecule has 0 aliphatic heterocycles. The van der Waals surface area contributed by atoms with Gasteiger partial charge in [-0.05, 0) is 55.0 Å². The number of nitrogens with zero attached hydrogens (tertiary/aromatic N) is 1. The Hall–Kier alpha value is -3.01. The predicted octanol–water partition coefficient (Wildman–Crippen LogP) is 10.6. The third-order valence-electron chi connectivity index (χ3n) is 7.77. The summed E-state index contributed by atoms with van der Waals surface area (Å²) >= 11 is 0. The number of fused-ring (bicyclic) bond motifs is 1. The zero-order valence-corrected chi connectivity index (χ0v) is 28.8. The SMILES string of the molecule is CCC(CC)C(=O)/C=C(\O)C(CC)CC.Cc1[c-]c(-c2cc3oc(-c4ccc(C(C)C)cc4)cc3cn2)cc(C)c1.[Ir]. The maximum absolute atomic E-state index is 11.7. The molecule has 0 aliphatic carbocycles. The number of aliphatic hydroxyl groups excluding tert-OH is 1. The number of carbonyl (C=O) groups is 1. The molecule has 0 saturated carbocycles. The molecule has 0 fully saturated rings. The van der Waals surface area contributed by atoms with Crippen LogP contribution in [0, 0.1) is 31.7 Å². The molecule has 0 spiro atoms. The van der Waals surface area contributed by atoms with Gasteiger partial charge in [0, 0.05) is 55.2 Å². The smallest absolute Gasteiger partial charge is 0.162 e. The molecule has 42 heavy (non-hydrogen) atoms. The van der Waals surface area contributed by atoms with Gasteiger partial charge in [-0.3, -0.25) is 4.79 Å². The van der Waals surface area contributed by atoms with Crippen LogP contribution in [-0.4, -0.2) is 15.9 Å². The van der Waals surface area contributed by atoms with Crippen molar-refractivity contribution in [1.82, 2.24) is 4.98 Å². The number of benzene rings is 2. The molecule has 0 aliphatic rings. The van der Waals surface area contributed by atoms with Crippen molar-refractivity contribution in [2.75, 3.05) is 0 Å². The number of aromatic nitrogens is 1. The van der Waals surface area contributed by atoms with Gasteiger partial charge in [0.1, 0.15) is 11.3 Å². The molecule has 0 unspecified atom stereocenters. The zero-order chi connectivity index (χ0) is 30.1. The third kappa shape index (κ3) is 9.24. The summed E-state index contributed by atoms with van der Waals surface area (Å²) in [5.74, 6) is 1.95. The Morgan fingerprint density at radius 3 is 2.10 bits per heavy atom. The Morgan fingerprint density at radius 2 is 1.55 bits per heavy atom. The van der Waals surface area contributed by atoms with E-state index in [1.54, 1.807) is 0 Å². The third-order valence-corrected chi connectivity index (χ3v) is 7.77. The van der Waals surface area contributed by atoms with Crippen molar-refractivity contribution in [3.63, 3.8) is 0 Å². The molecule has 1 N–H and O–H groups in total. The largest absolute Gasteiger partial charge is 0.512 e. The second kappa shape index (κ2) is 16.6. The molecule has 0 bridgehead atoms. The molecular formula is C37H46IrNO3-. The molecule has 0 atom stereocenters. The van der Waals surface area contributed by atoms with Crippen molar-refractivity contribution in [3.05, 3.63) is 89.3 Å². The van der Waals surface area contributed by atoms with Crippen LogP contribution in [0.4, 0.5) is 0 Å².